The quantitative estimate of drug-likeness (QED) is 0.916. The zero-order chi connectivity index (χ0) is 13.8. The Morgan fingerprint density at radius 1 is 1.11 bits per heavy atom. The first-order valence-corrected chi connectivity index (χ1v) is 6.15. The molecule has 0 saturated heterocycles. The molecule has 0 bridgehead atoms. The van der Waals surface area contributed by atoms with Crippen LogP contribution < -0.4 is 5.32 Å². The first-order chi connectivity index (χ1) is 9.11. The van der Waals surface area contributed by atoms with Gasteiger partial charge in [-0.25, -0.2) is 8.78 Å². The Bertz CT molecular complexity index is 568. The third kappa shape index (κ3) is 3.05. The maximum absolute atomic E-state index is 13.8. The predicted molar refractivity (Wildman–Crippen MR) is 70.9 cm³/mol. The minimum absolute atomic E-state index is 0.123. The summed E-state index contributed by atoms with van der Waals surface area (Å²) in [7, 11) is 0. The summed E-state index contributed by atoms with van der Waals surface area (Å²) in [5.74, 6) is -0.326. The predicted octanol–water partition coefficient (Wildman–Crippen LogP) is 3.55. The zero-order valence-electron chi connectivity index (χ0n) is 10.9. The Balaban J connectivity index is 2.29. The van der Waals surface area contributed by atoms with Crippen molar-refractivity contribution in [3.8, 4) is 11.3 Å². The van der Waals surface area contributed by atoms with Crippen molar-refractivity contribution < 1.29 is 8.78 Å². The zero-order valence-corrected chi connectivity index (χ0v) is 10.9. The Labute approximate surface area is 110 Å². The van der Waals surface area contributed by atoms with Gasteiger partial charge in [0.2, 0.25) is 0 Å². The molecule has 5 heteroatoms. The molecule has 0 atom stereocenters. The van der Waals surface area contributed by atoms with Crippen molar-refractivity contribution in [1.29, 1.82) is 0 Å². The summed E-state index contributed by atoms with van der Waals surface area (Å²) in [5, 5.41) is 10.9. The number of nitrogens with zero attached hydrogens (tertiary/aromatic N) is 2. The van der Waals surface area contributed by atoms with Gasteiger partial charge >= 0.3 is 0 Å². The molecule has 0 fully saturated rings. The van der Waals surface area contributed by atoms with E-state index in [9.17, 15) is 8.78 Å². The van der Waals surface area contributed by atoms with Crippen LogP contribution in [0.1, 0.15) is 18.9 Å². The third-order valence-electron chi connectivity index (χ3n) is 2.74. The van der Waals surface area contributed by atoms with Crippen LogP contribution in [0.25, 0.3) is 11.3 Å². The number of halogens is 2. The minimum atomic E-state index is -0.498. The van der Waals surface area contributed by atoms with E-state index in [0.29, 0.717) is 11.5 Å². The van der Waals surface area contributed by atoms with Crippen molar-refractivity contribution in [3.63, 3.8) is 0 Å². The third-order valence-corrected chi connectivity index (χ3v) is 2.74. The second-order valence-electron chi connectivity index (χ2n) is 4.31. The van der Waals surface area contributed by atoms with Gasteiger partial charge < -0.3 is 5.32 Å². The van der Waals surface area contributed by atoms with Crippen LogP contribution >= 0.6 is 0 Å². The Hall–Kier alpha value is -2.04. The maximum atomic E-state index is 13.8. The second kappa shape index (κ2) is 5.73. The Morgan fingerprint density at radius 2 is 1.89 bits per heavy atom. The summed E-state index contributed by atoms with van der Waals surface area (Å²) in [5.41, 5.74) is 0.714. The summed E-state index contributed by atoms with van der Waals surface area (Å²) < 4.78 is 27.2. The highest BCUT2D eigenvalue weighted by atomic mass is 19.1. The minimum Gasteiger partial charge on any atom is -0.369 e. The molecule has 3 nitrogen and oxygen atoms in total. The number of rotatable bonds is 4. The normalized spacial score (nSPS) is 10.5. The number of anilines is 1. The summed E-state index contributed by atoms with van der Waals surface area (Å²) in [4.78, 5) is 0. The van der Waals surface area contributed by atoms with Crippen LogP contribution in [0.3, 0.4) is 0 Å². The molecule has 1 N–H and O–H groups in total. The monoisotopic (exact) mass is 263 g/mol. The first kappa shape index (κ1) is 13.4. The molecule has 0 unspecified atom stereocenters. The van der Waals surface area contributed by atoms with Crippen LogP contribution in [0.2, 0.25) is 0 Å². The van der Waals surface area contributed by atoms with Crippen molar-refractivity contribution in [2.45, 2.75) is 20.3 Å². The van der Waals surface area contributed by atoms with E-state index in [0.717, 1.165) is 25.1 Å². The van der Waals surface area contributed by atoms with Gasteiger partial charge in [0.15, 0.2) is 0 Å². The van der Waals surface area contributed by atoms with E-state index in [2.05, 4.69) is 15.5 Å². The first-order valence-electron chi connectivity index (χ1n) is 6.15. The van der Waals surface area contributed by atoms with E-state index in [-0.39, 0.29) is 11.1 Å². The van der Waals surface area contributed by atoms with Gasteiger partial charge in [-0.2, -0.15) is 0 Å². The molecule has 0 aliphatic rings. The maximum Gasteiger partial charge on any atom is 0.148 e. The topological polar surface area (TPSA) is 37.8 Å². The fourth-order valence-corrected chi connectivity index (χ4v) is 1.67. The van der Waals surface area contributed by atoms with Gasteiger partial charge in [0.05, 0.1) is 5.69 Å². The SMILES string of the molecule is CCCNc1ccc(-c2cc(F)c(C)cc2F)nn1. The van der Waals surface area contributed by atoms with E-state index < -0.39 is 11.6 Å². The smallest absolute Gasteiger partial charge is 0.148 e. The molecule has 1 heterocycles. The van der Waals surface area contributed by atoms with E-state index >= 15 is 0 Å². The van der Waals surface area contributed by atoms with E-state index in [1.165, 1.54) is 6.92 Å². The van der Waals surface area contributed by atoms with Gasteiger partial charge in [-0.1, -0.05) is 6.92 Å². The molecule has 1 aromatic heterocycles. The number of hydrogen-bond acceptors (Lipinski definition) is 3. The second-order valence-corrected chi connectivity index (χ2v) is 4.31. The van der Waals surface area contributed by atoms with Crippen LogP contribution in [-0.4, -0.2) is 16.7 Å². The van der Waals surface area contributed by atoms with Crippen molar-refractivity contribution in [2.24, 2.45) is 0 Å². The summed E-state index contributed by atoms with van der Waals surface area (Å²) in [6, 6.07) is 5.64. The number of aromatic nitrogens is 2. The lowest BCUT2D eigenvalue weighted by Gasteiger charge is -2.06. The highest BCUT2D eigenvalue weighted by Crippen LogP contribution is 2.23. The largest absolute Gasteiger partial charge is 0.369 e. The average Bonchev–Trinajstić information content (AvgIpc) is 2.41. The van der Waals surface area contributed by atoms with E-state index in [1.54, 1.807) is 12.1 Å². The molecular weight excluding hydrogens is 248 g/mol. The molecule has 100 valence electrons. The summed E-state index contributed by atoms with van der Waals surface area (Å²) in [6.07, 6.45) is 0.973. The van der Waals surface area contributed by atoms with Gasteiger partial charge in [0, 0.05) is 12.1 Å². The lowest BCUT2D eigenvalue weighted by atomic mass is 10.1. The molecule has 1 aromatic carbocycles. The molecular formula is C14H15F2N3. The molecule has 0 aliphatic heterocycles. The molecule has 2 aromatic rings. The Morgan fingerprint density at radius 3 is 2.53 bits per heavy atom. The summed E-state index contributed by atoms with van der Waals surface area (Å²) in [6.45, 7) is 4.35. The number of benzene rings is 1. The van der Waals surface area contributed by atoms with Gasteiger partial charge in [0.1, 0.15) is 17.5 Å². The summed E-state index contributed by atoms with van der Waals surface area (Å²) >= 11 is 0. The van der Waals surface area contributed by atoms with Gasteiger partial charge in [-0.05, 0) is 43.2 Å². The van der Waals surface area contributed by atoms with Gasteiger partial charge in [0.25, 0.3) is 0 Å². The van der Waals surface area contributed by atoms with E-state index in [1.807, 2.05) is 6.92 Å². The molecule has 0 amide bonds. The highest BCUT2D eigenvalue weighted by Gasteiger charge is 2.11. The molecule has 0 spiro atoms. The number of nitrogens with one attached hydrogen (secondary N) is 1. The van der Waals surface area contributed by atoms with Crippen LogP contribution in [0.15, 0.2) is 24.3 Å². The van der Waals surface area contributed by atoms with E-state index in [4.69, 9.17) is 0 Å². The molecule has 0 aliphatic carbocycles. The Kier molecular flexibility index (Phi) is 4.04. The van der Waals surface area contributed by atoms with Crippen LogP contribution in [0, 0.1) is 18.6 Å². The van der Waals surface area contributed by atoms with Crippen molar-refractivity contribution in [3.05, 3.63) is 41.5 Å². The lowest BCUT2D eigenvalue weighted by molar-refractivity contribution is 0.594. The van der Waals surface area contributed by atoms with Gasteiger partial charge in [-0.3, -0.25) is 0 Å². The number of aryl methyl sites for hydroxylation is 1. The lowest BCUT2D eigenvalue weighted by Crippen LogP contribution is -2.03. The van der Waals surface area contributed by atoms with Crippen molar-refractivity contribution >= 4 is 5.82 Å². The fraction of sp³-hybridized carbons (Fsp3) is 0.286. The fourth-order valence-electron chi connectivity index (χ4n) is 1.67. The standard InChI is InChI=1S/C14H15F2N3/c1-3-6-17-14-5-4-13(18-19-14)10-8-11(15)9(2)7-12(10)16/h4-5,7-8H,3,6H2,1-2H3,(H,17,19). The number of hydrogen-bond donors (Lipinski definition) is 1. The van der Waals surface area contributed by atoms with Crippen molar-refractivity contribution in [2.75, 3.05) is 11.9 Å². The molecule has 2 rings (SSSR count). The molecule has 0 radical (unpaired) electrons. The van der Waals surface area contributed by atoms with Crippen LogP contribution in [-0.2, 0) is 0 Å². The van der Waals surface area contributed by atoms with Crippen molar-refractivity contribution in [1.82, 2.24) is 10.2 Å². The van der Waals surface area contributed by atoms with Crippen LogP contribution in [0.4, 0.5) is 14.6 Å². The van der Waals surface area contributed by atoms with Gasteiger partial charge in [-0.15, -0.1) is 10.2 Å². The van der Waals surface area contributed by atoms with Crippen LogP contribution in [0.5, 0.6) is 0 Å². The average molecular weight is 263 g/mol. The molecule has 0 saturated carbocycles. The molecule has 19 heavy (non-hydrogen) atoms. The highest BCUT2D eigenvalue weighted by molar-refractivity contribution is 5.61.